The average Bonchev–Trinajstić information content (AvgIpc) is 2.28. The van der Waals surface area contributed by atoms with Crippen LogP contribution in [0.5, 0.6) is 0 Å². The van der Waals surface area contributed by atoms with Gasteiger partial charge in [-0.3, -0.25) is 9.69 Å². The maximum atomic E-state index is 12.1. The van der Waals surface area contributed by atoms with Crippen molar-refractivity contribution in [2.45, 2.75) is 32.4 Å². The zero-order valence-corrected chi connectivity index (χ0v) is 12.2. The highest BCUT2D eigenvalue weighted by Crippen LogP contribution is 2.20. The van der Waals surface area contributed by atoms with Gasteiger partial charge in [0.05, 0.1) is 5.60 Å². The Bertz CT molecular complexity index is 290. The maximum absolute atomic E-state index is 12.1. The van der Waals surface area contributed by atoms with Crippen molar-refractivity contribution in [1.82, 2.24) is 15.1 Å². The predicted molar refractivity (Wildman–Crippen MR) is 72.4 cm³/mol. The molecule has 1 fully saturated rings. The van der Waals surface area contributed by atoms with Crippen molar-refractivity contribution >= 4 is 5.91 Å². The van der Waals surface area contributed by atoms with Crippen LogP contribution in [0.25, 0.3) is 0 Å². The Morgan fingerprint density at radius 2 is 2.17 bits per heavy atom. The summed E-state index contributed by atoms with van der Waals surface area (Å²) in [4.78, 5) is 15.8. The Labute approximate surface area is 110 Å². The maximum Gasteiger partial charge on any atom is 0.240 e. The molecule has 1 aliphatic rings. The largest absolute Gasteiger partial charge is 0.389 e. The lowest BCUT2D eigenvalue weighted by molar-refractivity contribution is -0.137. The first kappa shape index (κ1) is 15.4. The second kappa shape index (κ2) is 5.99. The molecule has 2 atom stereocenters. The number of aliphatic hydroxyl groups is 1. The first-order valence-corrected chi connectivity index (χ1v) is 6.64. The van der Waals surface area contributed by atoms with Gasteiger partial charge < -0.3 is 15.3 Å². The summed E-state index contributed by atoms with van der Waals surface area (Å²) in [6.07, 6.45) is 0. The summed E-state index contributed by atoms with van der Waals surface area (Å²) in [5.74, 6) is 0.268. The molecule has 1 saturated heterocycles. The molecule has 0 aliphatic carbocycles. The number of hydrogen-bond acceptors (Lipinski definition) is 4. The third-order valence-corrected chi connectivity index (χ3v) is 3.85. The van der Waals surface area contributed by atoms with Crippen LogP contribution < -0.4 is 5.32 Å². The van der Waals surface area contributed by atoms with Gasteiger partial charge in [0.1, 0.15) is 6.04 Å². The summed E-state index contributed by atoms with van der Waals surface area (Å²) in [5.41, 5.74) is -0.762. The van der Waals surface area contributed by atoms with E-state index in [-0.39, 0.29) is 17.9 Å². The van der Waals surface area contributed by atoms with Gasteiger partial charge in [-0.1, -0.05) is 13.8 Å². The molecule has 0 aromatic rings. The van der Waals surface area contributed by atoms with Gasteiger partial charge in [-0.05, 0) is 12.8 Å². The molecule has 0 aromatic carbocycles. The van der Waals surface area contributed by atoms with Crippen molar-refractivity contribution in [1.29, 1.82) is 0 Å². The van der Waals surface area contributed by atoms with E-state index in [1.54, 1.807) is 19.0 Å². The molecule has 1 rings (SSSR count). The summed E-state index contributed by atoms with van der Waals surface area (Å²) in [7, 11) is 3.55. The van der Waals surface area contributed by atoms with Crippen LogP contribution in [0.15, 0.2) is 0 Å². The monoisotopic (exact) mass is 257 g/mol. The Morgan fingerprint density at radius 3 is 2.67 bits per heavy atom. The molecular formula is C13H27N3O2. The van der Waals surface area contributed by atoms with Crippen molar-refractivity contribution < 1.29 is 9.90 Å². The normalized spacial score (nSPS) is 24.9. The van der Waals surface area contributed by atoms with Crippen molar-refractivity contribution in [3.8, 4) is 0 Å². The lowest BCUT2D eigenvalue weighted by Gasteiger charge is -2.41. The number of nitrogens with zero attached hydrogens (tertiary/aromatic N) is 2. The van der Waals surface area contributed by atoms with Crippen molar-refractivity contribution in [2.75, 3.05) is 40.3 Å². The van der Waals surface area contributed by atoms with Gasteiger partial charge in [0.15, 0.2) is 0 Å². The summed E-state index contributed by atoms with van der Waals surface area (Å²) in [5, 5.41) is 13.6. The van der Waals surface area contributed by atoms with Crippen LogP contribution in [-0.4, -0.2) is 72.7 Å². The third-order valence-electron chi connectivity index (χ3n) is 3.85. The Hall–Kier alpha value is -0.650. The van der Waals surface area contributed by atoms with E-state index in [1.165, 1.54) is 0 Å². The smallest absolute Gasteiger partial charge is 0.240 e. The van der Waals surface area contributed by atoms with E-state index in [1.807, 2.05) is 20.8 Å². The summed E-state index contributed by atoms with van der Waals surface area (Å²) >= 11 is 0. The molecule has 0 radical (unpaired) electrons. The van der Waals surface area contributed by atoms with E-state index in [0.717, 1.165) is 13.1 Å². The van der Waals surface area contributed by atoms with E-state index in [0.29, 0.717) is 13.1 Å². The minimum Gasteiger partial charge on any atom is -0.389 e. The summed E-state index contributed by atoms with van der Waals surface area (Å²) in [6.45, 7) is 8.72. The van der Waals surface area contributed by atoms with Crippen molar-refractivity contribution in [3.63, 3.8) is 0 Å². The van der Waals surface area contributed by atoms with Crippen molar-refractivity contribution in [2.24, 2.45) is 5.92 Å². The number of piperazine rings is 1. The minimum atomic E-state index is -0.762. The molecule has 18 heavy (non-hydrogen) atoms. The van der Waals surface area contributed by atoms with Gasteiger partial charge >= 0.3 is 0 Å². The molecule has 0 saturated carbocycles. The number of nitrogens with one attached hydrogen (secondary N) is 1. The van der Waals surface area contributed by atoms with Gasteiger partial charge in [-0.25, -0.2) is 0 Å². The SMILES string of the molecule is CC(C)C(C)(O)CN1CCNCC1C(=O)N(C)C. The molecule has 1 amide bonds. The Morgan fingerprint density at radius 1 is 1.56 bits per heavy atom. The molecule has 106 valence electrons. The van der Waals surface area contributed by atoms with Gasteiger partial charge in [0.2, 0.25) is 5.91 Å². The quantitative estimate of drug-likeness (QED) is 0.729. The number of hydrogen-bond donors (Lipinski definition) is 2. The lowest BCUT2D eigenvalue weighted by atomic mass is 9.91. The van der Waals surface area contributed by atoms with E-state index in [4.69, 9.17) is 0 Å². The topological polar surface area (TPSA) is 55.8 Å². The van der Waals surface area contributed by atoms with Crippen LogP contribution in [0.1, 0.15) is 20.8 Å². The fourth-order valence-corrected chi connectivity index (χ4v) is 2.07. The fourth-order valence-electron chi connectivity index (χ4n) is 2.07. The van der Waals surface area contributed by atoms with Gasteiger partial charge in [-0.2, -0.15) is 0 Å². The predicted octanol–water partition coefficient (Wildman–Crippen LogP) is -0.245. The van der Waals surface area contributed by atoms with E-state index in [2.05, 4.69) is 10.2 Å². The zero-order chi connectivity index (χ0) is 13.9. The van der Waals surface area contributed by atoms with E-state index < -0.39 is 5.60 Å². The number of β-amino-alcohol motifs (C(OH)–C–C–N with tert-alkyl or cyclic N) is 1. The fraction of sp³-hybridized carbons (Fsp3) is 0.923. The third kappa shape index (κ3) is 3.67. The molecular weight excluding hydrogens is 230 g/mol. The second-order valence-electron chi connectivity index (χ2n) is 5.93. The Balaban J connectivity index is 2.74. The molecule has 0 aromatic heterocycles. The van der Waals surface area contributed by atoms with Gasteiger partial charge in [0, 0.05) is 40.3 Å². The standard InChI is InChI=1S/C13H27N3O2/c1-10(2)13(3,18)9-16-7-6-14-8-11(16)12(17)15(4)5/h10-11,14,18H,6-9H2,1-5H3. The van der Waals surface area contributed by atoms with Crippen molar-refractivity contribution in [3.05, 3.63) is 0 Å². The highest BCUT2D eigenvalue weighted by Gasteiger charge is 2.35. The first-order valence-electron chi connectivity index (χ1n) is 6.64. The van der Waals surface area contributed by atoms with Crippen LogP contribution in [0.3, 0.4) is 0 Å². The molecule has 5 heteroatoms. The second-order valence-corrected chi connectivity index (χ2v) is 5.93. The van der Waals surface area contributed by atoms with Gasteiger partial charge in [-0.15, -0.1) is 0 Å². The van der Waals surface area contributed by atoms with Gasteiger partial charge in [0.25, 0.3) is 0 Å². The Kier molecular flexibility index (Phi) is 5.13. The molecule has 0 bridgehead atoms. The van der Waals surface area contributed by atoms with E-state index in [9.17, 15) is 9.90 Å². The van der Waals surface area contributed by atoms with E-state index >= 15 is 0 Å². The van der Waals surface area contributed by atoms with Crippen LogP contribution in [-0.2, 0) is 4.79 Å². The molecule has 0 spiro atoms. The average molecular weight is 257 g/mol. The lowest BCUT2D eigenvalue weighted by Crippen LogP contribution is -2.61. The van der Waals surface area contributed by atoms with Crippen LogP contribution >= 0.6 is 0 Å². The summed E-state index contributed by atoms with van der Waals surface area (Å²) in [6, 6.07) is -0.168. The number of likely N-dealkylation sites (N-methyl/N-ethyl adjacent to an activating group) is 1. The molecule has 2 N–H and O–H groups in total. The van der Waals surface area contributed by atoms with Crippen LogP contribution in [0.4, 0.5) is 0 Å². The highest BCUT2D eigenvalue weighted by molar-refractivity contribution is 5.81. The molecule has 1 heterocycles. The summed E-state index contributed by atoms with van der Waals surface area (Å²) < 4.78 is 0. The molecule has 2 unspecified atom stereocenters. The molecule has 1 aliphatic heterocycles. The van der Waals surface area contributed by atoms with Crippen LogP contribution in [0, 0.1) is 5.92 Å². The first-order chi connectivity index (χ1) is 8.25. The molecule has 5 nitrogen and oxygen atoms in total. The zero-order valence-electron chi connectivity index (χ0n) is 12.2. The number of rotatable bonds is 4. The number of carbonyl (C=O) groups is 1. The van der Waals surface area contributed by atoms with Crippen LogP contribution in [0.2, 0.25) is 0 Å². The highest BCUT2D eigenvalue weighted by atomic mass is 16.3. The number of amides is 1. The minimum absolute atomic E-state index is 0.0988. The number of carbonyl (C=O) groups excluding carboxylic acids is 1.